The predicted molar refractivity (Wildman–Crippen MR) is 143 cm³/mol. The van der Waals surface area contributed by atoms with E-state index in [9.17, 15) is 26.7 Å². The van der Waals surface area contributed by atoms with Crippen molar-refractivity contribution in [2.45, 2.75) is 43.0 Å². The first-order valence-corrected chi connectivity index (χ1v) is 13.8. The summed E-state index contributed by atoms with van der Waals surface area (Å²) in [5, 5.41) is 2.76. The van der Waals surface area contributed by atoms with Crippen LogP contribution in [0, 0.1) is 0 Å². The second-order valence-electron chi connectivity index (χ2n) is 9.48. The molecule has 0 bridgehead atoms. The van der Waals surface area contributed by atoms with Gasteiger partial charge >= 0.3 is 6.18 Å². The quantitative estimate of drug-likeness (QED) is 0.213. The first-order valence-electron chi connectivity index (χ1n) is 11.8. The standard InChI is InChI=1S/C27H21Cl2F3N2O4S/c1-14(39(36)37)16-4-2-15(3-5-16)10-23(35)33-18-12-19(28)24(20(29)13-18)26(8-9-26)25-34-21-7-6-17(27(30,31)32)11-22(21)38-25/h2-7,11-14H,8-10H2,1H3,(H,33,35)(H,36,37). The fourth-order valence-electron chi connectivity index (χ4n) is 4.52. The second kappa shape index (κ2) is 10.2. The number of halogens is 5. The van der Waals surface area contributed by atoms with E-state index in [-0.39, 0.29) is 33.8 Å². The third kappa shape index (κ3) is 5.56. The van der Waals surface area contributed by atoms with Gasteiger partial charge in [-0.25, -0.2) is 9.19 Å². The van der Waals surface area contributed by atoms with Crippen LogP contribution in [0.15, 0.2) is 59.0 Å². The summed E-state index contributed by atoms with van der Waals surface area (Å²) in [6.45, 7) is 1.63. The zero-order valence-electron chi connectivity index (χ0n) is 20.3. The fraction of sp³-hybridized carbons (Fsp3) is 0.259. The van der Waals surface area contributed by atoms with Crippen molar-refractivity contribution in [2.75, 3.05) is 5.32 Å². The number of anilines is 1. The fourth-order valence-corrected chi connectivity index (χ4v) is 5.76. The molecule has 0 saturated heterocycles. The summed E-state index contributed by atoms with van der Waals surface area (Å²) in [6, 6.07) is 13.1. The van der Waals surface area contributed by atoms with Gasteiger partial charge in [-0.05, 0) is 61.2 Å². The lowest BCUT2D eigenvalue weighted by Gasteiger charge is -2.17. The summed E-state index contributed by atoms with van der Waals surface area (Å²) in [7, 11) is 0. The Morgan fingerprint density at radius 2 is 1.77 bits per heavy atom. The van der Waals surface area contributed by atoms with Crippen LogP contribution < -0.4 is 5.32 Å². The van der Waals surface area contributed by atoms with Crippen LogP contribution in [0.25, 0.3) is 11.1 Å². The van der Waals surface area contributed by atoms with E-state index in [0.29, 0.717) is 40.7 Å². The van der Waals surface area contributed by atoms with Crippen LogP contribution in [0.4, 0.5) is 18.9 Å². The Labute approximate surface area is 233 Å². The van der Waals surface area contributed by atoms with Crippen molar-refractivity contribution < 1.29 is 31.1 Å². The van der Waals surface area contributed by atoms with Crippen molar-refractivity contribution in [3.05, 3.63) is 92.8 Å². The third-order valence-electron chi connectivity index (χ3n) is 6.80. The molecule has 0 spiro atoms. The lowest BCUT2D eigenvalue weighted by Crippen LogP contribution is -2.16. The summed E-state index contributed by atoms with van der Waals surface area (Å²) >= 11 is 11.2. The van der Waals surface area contributed by atoms with E-state index in [0.717, 1.165) is 12.1 Å². The predicted octanol–water partition coefficient (Wildman–Crippen LogP) is 7.70. The average Bonchev–Trinajstić information content (AvgIpc) is 3.52. The highest BCUT2D eigenvalue weighted by atomic mass is 35.5. The van der Waals surface area contributed by atoms with Crippen molar-refractivity contribution in [1.29, 1.82) is 0 Å². The number of aromatic nitrogens is 1. The number of carbonyl (C=O) groups is 1. The summed E-state index contributed by atoms with van der Waals surface area (Å²) in [6.07, 6.45) is -3.26. The molecule has 5 rings (SSSR count). The number of nitrogens with zero attached hydrogens (tertiary/aromatic N) is 1. The molecule has 2 N–H and O–H groups in total. The summed E-state index contributed by atoms with van der Waals surface area (Å²) < 4.78 is 65.6. The van der Waals surface area contributed by atoms with Crippen LogP contribution in [0.2, 0.25) is 10.0 Å². The van der Waals surface area contributed by atoms with E-state index >= 15 is 0 Å². The lowest BCUT2D eigenvalue weighted by molar-refractivity contribution is -0.137. The number of benzene rings is 3. The number of alkyl halides is 3. The van der Waals surface area contributed by atoms with Crippen LogP contribution in [0.3, 0.4) is 0 Å². The topological polar surface area (TPSA) is 92.4 Å². The largest absolute Gasteiger partial charge is 0.440 e. The molecule has 2 atom stereocenters. The van der Waals surface area contributed by atoms with Gasteiger partial charge in [-0.15, -0.1) is 0 Å². The van der Waals surface area contributed by atoms with Crippen LogP contribution in [0.5, 0.6) is 0 Å². The molecule has 1 heterocycles. The Kier molecular flexibility index (Phi) is 7.26. The number of hydrogen-bond donors (Lipinski definition) is 2. The number of fused-ring (bicyclic) bond motifs is 1. The van der Waals surface area contributed by atoms with Crippen LogP contribution >= 0.6 is 23.2 Å². The smallest absolute Gasteiger partial charge is 0.416 e. The minimum Gasteiger partial charge on any atom is -0.440 e. The highest BCUT2D eigenvalue weighted by Gasteiger charge is 2.53. The first-order chi connectivity index (χ1) is 18.4. The molecule has 1 aliphatic carbocycles. The minimum absolute atomic E-state index is 0.0225. The van der Waals surface area contributed by atoms with E-state index in [1.165, 1.54) is 6.07 Å². The van der Waals surface area contributed by atoms with E-state index in [4.69, 9.17) is 27.6 Å². The average molecular weight is 597 g/mol. The van der Waals surface area contributed by atoms with Crippen molar-refractivity contribution in [1.82, 2.24) is 4.98 Å². The van der Waals surface area contributed by atoms with Crippen LogP contribution in [0.1, 0.15) is 53.2 Å². The minimum atomic E-state index is -4.51. The molecule has 0 radical (unpaired) electrons. The van der Waals surface area contributed by atoms with Crippen LogP contribution in [-0.2, 0) is 33.9 Å². The van der Waals surface area contributed by atoms with Crippen molar-refractivity contribution in [3.63, 3.8) is 0 Å². The van der Waals surface area contributed by atoms with Gasteiger partial charge in [-0.2, -0.15) is 13.2 Å². The van der Waals surface area contributed by atoms with Crippen molar-refractivity contribution >= 4 is 57.0 Å². The van der Waals surface area contributed by atoms with Gasteiger partial charge in [0, 0.05) is 21.3 Å². The van der Waals surface area contributed by atoms with E-state index in [1.54, 1.807) is 43.3 Å². The lowest BCUT2D eigenvalue weighted by atomic mass is 9.95. The number of hydrogen-bond acceptors (Lipinski definition) is 4. The number of oxazole rings is 1. The summed E-state index contributed by atoms with van der Waals surface area (Å²) in [4.78, 5) is 17.1. The summed E-state index contributed by atoms with van der Waals surface area (Å²) in [5.41, 5.74) is 1.03. The van der Waals surface area contributed by atoms with Crippen molar-refractivity contribution in [2.24, 2.45) is 0 Å². The normalized spacial score (nSPS) is 16.2. The summed E-state index contributed by atoms with van der Waals surface area (Å²) in [5.74, 6) is -0.0813. The molecule has 0 aliphatic heterocycles. The molecule has 1 fully saturated rings. The first kappa shape index (κ1) is 27.6. The van der Waals surface area contributed by atoms with Gasteiger partial charge in [-0.1, -0.05) is 47.5 Å². The van der Waals surface area contributed by atoms with Gasteiger partial charge in [-0.3, -0.25) is 4.79 Å². The maximum atomic E-state index is 13.1. The highest BCUT2D eigenvalue weighted by Crippen LogP contribution is 2.57. The Balaban J connectivity index is 1.34. The van der Waals surface area contributed by atoms with E-state index in [1.807, 2.05) is 0 Å². The van der Waals surface area contributed by atoms with E-state index < -0.39 is 33.5 Å². The third-order valence-corrected chi connectivity index (χ3v) is 8.27. The van der Waals surface area contributed by atoms with E-state index in [2.05, 4.69) is 10.3 Å². The zero-order valence-corrected chi connectivity index (χ0v) is 22.6. The molecule has 6 nitrogen and oxygen atoms in total. The SMILES string of the molecule is CC(c1ccc(CC(=O)Nc2cc(Cl)c(C3(c4nc5ccc(C(F)(F)F)cc5o4)CC3)c(Cl)c2)cc1)S(=O)O. The molecule has 204 valence electrons. The molecular weight excluding hydrogens is 576 g/mol. The van der Waals surface area contributed by atoms with Gasteiger partial charge in [0.1, 0.15) is 5.52 Å². The zero-order chi connectivity index (χ0) is 28.1. The Hall–Kier alpha value is -2.92. The molecule has 4 aromatic rings. The molecular formula is C27H21Cl2F3N2O4S. The van der Waals surface area contributed by atoms with Gasteiger partial charge in [0.25, 0.3) is 0 Å². The highest BCUT2D eigenvalue weighted by molar-refractivity contribution is 7.79. The molecule has 1 aliphatic rings. The van der Waals surface area contributed by atoms with Gasteiger partial charge in [0.15, 0.2) is 16.7 Å². The Morgan fingerprint density at radius 3 is 2.33 bits per heavy atom. The van der Waals surface area contributed by atoms with Gasteiger partial charge < -0.3 is 14.3 Å². The molecule has 1 aromatic heterocycles. The monoisotopic (exact) mass is 596 g/mol. The molecule has 2 unspecified atom stereocenters. The maximum Gasteiger partial charge on any atom is 0.416 e. The Bertz CT molecular complexity index is 1580. The molecule has 1 amide bonds. The number of nitrogens with one attached hydrogen (secondary N) is 1. The molecule has 3 aromatic carbocycles. The number of carbonyl (C=O) groups excluding carboxylic acids is 1. The maximum absolute atomic E-state index is 13.1. The Morgan fingerprint density at radius 1 is 1.13 bits per heavy atom. The molecule has 39 heavy (non-hydrogen) atoms. The van der Waals surface area contributed by atoms with Gasteiger partial charge in [0.05, 0.1) is 22.6 Å². The van der Waals surface area contributed by atoms with Gasteiger partial charge in [0.2, 0.25) is 11.8 Å². The van der Waals surface area contributed by atoms with Crippen molar-refractivity contribution in [3.8, 4) is 0 Å². The molecule has 1 saturated carbocycles. The van der Waals surface area contributed by atoms with Crippen LogP contribution in [-0.4, -0.2) is 19.7 Å². The number of rotatable bonds is 7. The second-order valence-corrected chi connectivity index (χ2v) is 11.6. The molecule has 12 heteroatoms. The number of amides is 1.